The molecule has 106 valence electrons. The molecule has 19 heavy (non-hydrogen) atoms. The van der Waals surface area contributed by atoms with Crippen LogP contribution < -0.4 is 0 Å². The quantitative estimate of drug-likeness (QED) is 0.445. The molecule has 1 fully saturated rings. The molecule has 2 atom stereocenters. The lowest BCUT2D eigenvalue weighted by atomic mass is 9.85. The fraction of sp³-hybridized carbons (Fsp3) is 0.600. The fourth-order valence-electron chi connectivity index (χ4n) is 2.87. The van der Waals surface area contributed by atoms with Gasteiger partial charge in [0.2, 0.25) is 0 Å². The zero-order valence-corrected chi connectivity index (χ0v) is 12.1. The van der Waals surface area contributed by atoms with Crippen LogP contribution in [0.5, 0.6) is 0 Å². The van der Waals surface area contributed by atoms with Crippen LogP contribution in [0, 0.1) is 17.3 Å². The normalized spacial score (nSPS) is 24.4. The molecule has 0 aromatic heterocycles. The van der Waals surface area contributed by atoms with Crippen molar-refractivity contribution >= 4 is 11.9 Å². The van der Waals surface area contributed by atoms with Crippen molar-refractivity contribution in [2.45, 2.75) is 26.7 Å². The van der Waals surface area contributed by atoms with Crippen molar-refractivity contribution in [3.8, 4) is 0 Å². The molecule has 0 bridgehead atoms. The summed E-state index contributed by atoms with van der Waals surface area (Å²) in [5, 5.41) is 0. The summed E-state index contributed by atoms with van der Waals surface area (Å²) in [7, 11) is 2.59. The Balaban J connectivity index is 3.16. The lowest BCUT2D eigenvalue weighted by molar-refractivity contribution is -0.168. The minimum atomic E-state index is -1.20. The van der Waals surface area contributed by atoms with Gasteiger partial charge in [-0.1, -0.05) is 17.7 Å². The van der Waals surface area contributed by atoms with Crippen LogP contribution in [0.4, 0.5) is 0 Å². The first-order chi connectivity index (χ1) is 8.91. The van der Waals surface area contributed by atoms with Gasteiger partial charge >= 0.3 is 11.9 Å². The summed E-state index contributed by atoms with van der Waals surface area (Å²) in [6.45, 7) is 7.80. The fourth-order valence-corrected chi connectivity index (χ4v) is 2.87. The lowest BCUT2D eigenvalue weighted by Gasteiger charge is -2.22. The van der Waals surface area contributed by atoms with Gasteiger partial charge in [-0.15, -0.1) is 6.58 Å². The molecular formula is C15H22O4. The highest BCUT2D eigenvalue weighted by atomic mass is 16.5. The van der Waals surface area contributed by atoms with Crippen molar-refractivity contribution in [3.63, 3.8) is 0 Å². The topological polar surface area (TPSA) is 52.6 Å². The van der Waals surface area contributed by atoms with E-state index in [1.807, 2.05) is 13.8 Å². The van der Waals surface area contributed by atoms with Gasteiger partial charge in [0.15, 0.2) is 5.41 Å². The van der Waals surface area contributed by atoms with E-state index in [1.165, 1.54) is 14.2 Å². The molecule has 1 rings (SSSR count). The molecule has 0 saturated heterocycles. The Morgan fingerprint density at radius 3 is 1.95 bits per heavy atom. The average Bonchev–Trinajstić information content (AvgIpc) is 2.75. The predicted molar refractivity (Wildman–Crippen MR) is 72.3 cm³/mol. The van der Waals surface area contributed by atoms with Crippen LogP contribution in [-0.2, 0) is 19.1 Å². The molecule has 1 aliphatic rings. The molecule has 0 aliphatic heterocycles. The molecular weight excluding hydrogens is 244 g/mol. The zero-order chi connectivity index (χ0) is 14.6. The Bertz CT molecular complexity index is 388. The standard InChI is InChI=1S/C15H22O4/c1-6-11-8-15(13(16)18-4,14(17)19-5)9-12(11)7-10(2)3/h6-7,11-12H,1,8-9H2,2-5H3/t11-,12+/m1/s1. The first-order valence-electron chi connectivity index (χ1n) is 6.35. The first-order valence-corrected chi connectivity index (χ1v) is 6.35. The van der Waals surface area contributed by atoms with Gasteiger partial charge in [-0.05, 0) is 38.5 Å². The minimum absolute atomic E-state index is 0.0769. The minimum Gasteiger partial charge on any atom is -0.468 e. The van der Waals surface area contributed by atoms with Gasteiger partial charge in [0.25, 0.3) is 0 Å². The summed E-state index contributed by atoms with van der Waals surface area (Å²) in [5.74, 6) is -0.847. The van der Waals surface area contributed by atoms with E-state index in [2.05, 4.69) is 12.7 Å². The number of carbonyl (C=O) groups is 2. The van der Waals surface area contributed by atoms with E-state index in [-0.39, 0.29) is 11.8 Å². The molecule has 0 spiro atoms. The van der Waals surface area contributed by atoms with E-state index >= 15 is 0 Å². The van der Waals surface area contributed by atoms with Gasteiger partial charge in [-0.2, -0.15) is 0 Å². The van der Waals surface area contributed by atoms with Gasteiger partial charge in [0.1, 0.15) is 0 Å². The summed E-state index contributed by atoms with van der Waals surface area (Å²) in [6, 6.07) is 0. The van der Waals surface area contributed by atoms with Crippen LogP contribution in [0.1, 0.15) is 26.7 Å². The van der Waals surface area contributed by atoms with Crippen molar-refractivity contribution < 1.29 is 19.1 Å². The number of ether oxygens (including phenoxy) is 2. The van der Waals surface area contributed by atoms with Gasteiger partial charge in [0.05, 0.1) is 14.2 Å². The van der Waals surface area contributed by atoms with Crippen LogP contribution in [0.25, 0.3) is 0 Å². The van der Waals surface area contributed by atoms with E-state index < -0.39 is 17.4 Å². The van der Waals surface area contributed by atoms with Crippen molar-refractivity contribution in [3.05, 3.63) is 24.3 Å². The Morgan fingerprint density at radius 2 is 1.58 bits per heavy atom. The lowest BCUT2D eigenvalue weighted by Crippen LogP contribution is -2.39. The third-order valence-electron chi connectivity index (χ3n) is 3.72. The second-order valence-corrected chi connectivity index (χ2v) is 5.28. The van der Waals surface area contributed by atoms with Crippen molar-refractivity contribution in [1.82, 2.24) is 0 Å². The number of hydrogen-bond acceptors (Lipinski definition) is 4. The van der Waals surface area contributed by atoms with Crippen LogP contribution in [0.15, 0.2) is 24.3 Å². The number of hydrogen-bond donors (Lipinski definition) is 0. The summed E-state index contributed by atoms with van der Waals surface area (Å²) >= 11 is 0. The molecule has 1 aliphatic carbocycles. The number of allylic oxidation sites excluding steroid dienone is 3. The van der Waals surface area contributed by atoms with E-state index in [9.17, 15) is 9.59 Å². The largest absolute Gasteiger partial charge is 0.468 e. The SMILES string of the molecule is C=C[C@@H]1CC(C(=O)OC)(C(=O)OC)C[C@@H]1C=C(C)C. The molecule has 0 radical (unpaired) electrons. The van der Waals surface area contributed by atoms with Crippen LogP contribution in [0.3, 0.4) is 0 Å². The Hall–Kier alpha value is -1.58. The van der Waals surface area contributed by atoms with Gasteiger partial charge in [-0.3, -0.25) is 9.59 Å². The number of methoxy groups -OCH3 is 2. The summed E-state index contributed by atoms with van der Waals surface area (Å²) < 4.78 is 9.62. The average molecular weight is 266 g/mol. The maximum absolute atomic E-state index is 12.1. The summed E-state index contributed by atoms with van der Waals surface area (Å²) in [5.41, 5.74) is -0.0405. The first kappa shape index (κ1) is 15.5. The number of esters is 2. The van der Waals surface area contributed by atoms with Crippen molar-refractivity contribution in [1.29, 1.82) is 0 Å². The van der Waals surface area contributed by atoms with Gasteiger partial charge < -0.3 is 9.47 Å². The molecule has 4 heteroatoms. The highest BCUT2D eigenvalue weighted by molar-refractivity contribution is 6.00. The Morgan fingerprint density at radius 1 is 1.11 bits per heavy atom. The predicted octanol–water partition coefficient (Wildman–Crippen LogP) is 2.50. The zero-order valence-electron chi connectivity index (χ0n) is 12.1. The monoisotopic (exact) mass is 266 g/mol. The van der Waals surface area contributed by atoms with Crippen LogP contribution in [0.2, 0.25) is 0 Å². The Labute approximate surface area is 114 Å². The summed E-state index contributed by atoms with van der Waals surface area (Å²) in [4.78, 5) is 24.1. The Kier molecular flexibility index (Phi) is 4.92. The molecule has 1 saturated carbocycles. The van der Waals surface area contributed by atoms with E-state index in [1.54, 1.807) is 6.08 Å². The smallest absolute Gasteiger partial charge is 0.323 e. The second-order valence-electron chi connectivity index (χ2n) is 5.28. The van der Waals surface area contributed by atoms with E-state index in [0.29, 0.717) is 12.8 Å². The number of rotatable bonds is 4. The van der Waals surface area contributed by atoms with Crippen LogP contribution in [-0.4, -0.2) is 26.2 Å². The third-order valence-corrected chi connectivity index (χ3v) is 3.72. The molecule has 0 aromatic rings. The van der Waals surface area contributed by atoms with E-state index in [0.717, 1.165) is 5.57 Å². The molecule has 0 heterocycles. The van der Waals surface area contributed by atoms with E-state index in [4.69, 9.17) is 9.47 Å². The maximum atomic E-state index is 12.1. The molecule has 4 nitrogen and oxygen atoms in total. The van der Waals surface area contributed by atoms with Crippen LogP contribution >= 0.6 is 0 Å². The second kappa shape index (κ2) is 6.04. The van der Waals surface area contributed by atoms with Gasteiger partial charge in [-0.25, -0.2) is 0 Å². The molecule has 0 unspecified atom stereocenters. The molecule has 0 aromatic carbocycles. The highest BCUT2D eigenvalue weighted by Gasteiger charge is 2.56. The third kappa shape index (κ3) is 2.88. The molecule has 0 amide bonds. The molecule has 0 N–H and O–H groups in total. The summed E-state index contributed by atoms with van der Waals surface area (Å²) in [6.07, 6.45) is 4.69. The van der Waals surface area contributed by atoms with Crippen molar-refractivity contribution in [2.75, 3.05) is 14.2 Å². The van der Waals surface area contributed by atoms with Crippen molar-refractivity contribution in [2.24, 2.45) is 17.3 Å². The van der Waals surface area contributed by atoms with Gasteiger partial charge in [0, 0.05) is 0 Å². The highest BCUT2D eigenvalue weighted by Crippen LogP contribution is 2.48. The number of carbonyl (C=O) groups excluding carboxylic acids is 2. The maximum Gasteiger partial charge on any atom is 0.323 e.